The zero-order valence-electron chi connectivity index (χ0n) is 14.4. The van der Waals surface area contributed by atoms with Gasteiger partial charge in [-0.1, -0.05) is 35.9 Å². The summed E-state index contributed by atoms with van der Waals surface area (Å²) in [5, 5.41) is 8.24. The number of rotatable bonds is 4. The second-order valence-electron chi connectivity index (χ2n) is 6.47. The van der Waals surface area contributed by atoms with E-state index in [1.165, 1.54) is 4.31 Å². The lowest BCUT2D eigenvalue weighted by Gasteiger charge is -2.16. The highest BCUT2D eigenvalue weighted by Crippen LogP contribution is 2.31. The van der Waals surface area contributed by atoms with E-state index in [1.807, 2.05) is 49.4 Å². The molecule has 1 aromatic heterocycles. The van der Waals surface area contributed by atoms with E-state index < -0.39 is 10.0 Å². The van der Waals surface area contributed by atoms with Gasteiger partial charge < -0.3 is 4.42 Å². The van der Waals surface area contributed by atoms with E-state index in [2.05, 4.69) is 10.2 Å². The molecule has 3 aromatic rings. The molecule has 0 saturated carbocycles. The van der Waals surface area contributed by atoms with Gasteiger partial charge in [0.1, 0.15) is 0 Å². The number of aromatic nitrogens is 2. The molecule has 2 aromatic carbocycles. The van der Waals surface area contributed by atoms with Crippen molar-refractivity contribution in [1.29, 1.82) is 0 Å². The van der Waals surface area contributed by atoms with E-state index in [9.17, 15) is 8.42 Å². The Hall–Kier alpha value is -2.51. The van der Waals surface area contributed by atoms with Gasteiger partial charge in [0, 0.05) is 18.7 Å². The van der Waals surface area contributed by atoms with Gasteiger partial charge in [-0.05, 0) is 37.6 Å². The zero-order valence-corrected chi connectivity index (χ0v) is 15.2. The number of aryl methyl sites for hydroxylation is 1. The maximum atomic E-state index is 12.8. The van der Waals surface area contributed by atoms with Gasteiger partial charge in [0.15, 0.2) is 0 Å². The molecule has 0 radical (unpaired) electrons. The van der Waals surface area contributed by atoms with Crippen molar-refractivity contribution in [3.05, 3.63) is 66.1 Å². The third-order valence-corrected chi connectivity index (χ3v) is 6.50. The fourth-order valence-electron chi connectivity index (χ4n) is 3.10. The second kappa shape index (κ2) is 6.66. The molecule has 134 valence electrons. The summed E-state index contributed by atoms with van der Waals surface area (Å²) in [5.74, 6) is 0.867. The van der Waals surface area contributed by atoms with Gasteiger partial charge in [0.05, 0.1) is 10.8 Å². The van der Waals surface area contributed by atoms with Crippen LogP contribution in [-0.4, -0.2) is 36.0 Å². The number of nitrogens with zero attached hydrogens (tertiary/aromatic N) is 3. The molecule has 1 atom stereocenters. The number of benzene rings is 2. The molecule has 0 N–H and O–H groups in total. The molecule has 1 aliphatic heterocycles. The molecular weight excluding hydrogens is 350 g/mol. The molecule has 1 aliphatic rings. The Bertz CT molecular complexity index is 998. The smallest absolute Gasteiger partial charge is 0.247 e. The average Bonchev–Trinajstić information content (AvgIpc) is 3.33. The molecule has 0 amide bonds. The SMILES string of the molecule is Cc1ccc(S(=O)(=O)N2CCC(c3nnc(-c4ccccc4)o3)C2)cc1. The van der Waals surface area contributed by atoms with Crippen LogP contribution in [0.4, 0.5) is 0 Å². The van der Waals surface area contributed by atoms with Crippen LogP contribution in [0.25, 0.3) is 11.5 Å². The monoisotopic (exact) mass is 369 g/mol. The van der Waals surface area contributed by atoms with Gasteiger partial charge >= 0.3 is 0 Å². The molecule has 4 rings (SSSR count). The molecule has 7 heteroatoms. The molecule has 0 spiro atoms. The minimum atomic E-state index is -3.50. The van der Waals surface area contributed by atoms with Crippen LogP contribution in [0.5, 0.6) is 0 Å². The van der Waals surface area contributed by atoms with E-state index in [1.54, 1.807) is 12.1 Å². The van der Waals surface area contributed by atoms with Crippen LogP contribution in [0.15, 0.2) is 63.9 Å². The predicted molar refractivity (Wildman–Crippen MR) is 97.0 cm³/mol. The summed E-state index contributed by atoms with van der Waals surface area (Å²) in [4.78, 5) is 0.319. The Morgan fingerprint density at radius 3 is 2.50 bits per heavy atom. The first-order chi connectivity index (χ1) is 12.5. The van der Waals surface area contributed by atoms with Crippen molar-refractivity contribution in [3.8, 4) is 11.5 Å². The van der Waals surface area contributed by atoms with Gasteiger partial charge in [-0.2, -0.15) is 4.31 Å². The largest absolute Gasteiger partial charge is 0.420 e. The summed E-state index contributed by atoms with van der Waals surface area (Å²) in [5.41, 5.74) is 1.89. The summed E-state index contributed by atoms with van der Waals surface area (Å²) in [6.45, 7) is 2.73. The minimum Gasteiger partial charge on any atom is -0.420 e. The summed E-state index contributed by atoms with van der Waals surface area (Å²) in [6.07, 6.45) is 0.668. The van der Waals surface area contributed by atoms with Crippen LogP contribution in [0.3, 0.4) is 0 Å². The molecular formula is C19H19N3O3S. The Labute approximate surface area is 152 Å². The van der Waals surface area contributed by atoms with Crippen LogP contribution in [0.2, 0.25) is 0 Å². The Balaban J connectivity index is 1.52. The highest BCUT2D eigenvalue weighted by Gasteiger charge is 2.35. The molecule has 0 bridgehead atoms. The van der Waals surface area contributed by atoms with Gasteiger partial charge in [-0.15, -0.1) is 10.2 Å². The lowest BCUT2D eigenvalue weighted by Crippen LogP contribution is -2.28. The van der Waals surface area contributed by atoms with Crippen molar-refractivity contribution in [3.63, 3.8) is 0 Å². The zero-order chi connectivity index (χ0) is 18.1. The first-order valence-corrected chi connectivity index (χ1v) is 9.94. The summed E-state index contributed by atoms with van der Waals surface area (Å²) < 4.78 is 32.9. The first kappa shape index (κ1) is 16.9. The fourth-order valence-corrected chi connectivity index (χ4v) is 4.60. The van der Waals surface area contributed by atoms with Crippen LogP contribution in [-0.2, 0) is 10.0 Å². The normalized spacial score (nSPS) is 18.3. The molecule has 2 heterocycles. The predicted octanol–water partition coefficient (Wildman–Crippen LogP) is 3.22. The third kappa shape index (κ3) is 3.15. The number of hydrogen-bond donors (Lipinski definition) is 0. The van der Waals surface area contributed by atoms with Gasteiger partial charge in [-0.25, -0.2) is 8.42 Å². The lowest BCUT2D eigenvalue weighted by molar-refractivity contribution is 0.440. The lowest BCUT2D eigenvalue weighted by atomic mass is 10.1. The van der Waals surface area contributed by atoms with E-state index in [0.717, 1.165) is 11.1 Å². The van der Waals surface area contributed by atoms with Crippen molar-refractivity contribution in [2.45, 2.75) is 24.2 Å². The number of hydrogen-bond acceptors (Lipinski definition) is 5. The highest BCUT2D eigenvalue weighted by molar-refractivity contribution is 7.89. The molecule has 26 heavy (non-hydrogen) atoms. The summed E-state index contributed by atoms with van der Waals surface area (Å²) in [6, 6.07) is 16.5. The minimum absolute atomic E-state index is 0.0832. The van der Waals surface area contributed by atoms with Crippen molar-refractivity contribution in [2.24, 2.45) is 0 Å². The third-order valence-electron chi connectivity index (χ3n) is 4.62. The van der Waals surface area contributed by atoms with Gasteiger partial charge in [0.25, 0.3) is 0 Å². The van der Waals surface area contributed by atoms with Crippen LogP contribution >= 0.6 is 0 Å². The van der Waals surface area contributed by atoms with Crippen molar-refractivity contribution < 1.29 is 12.8 Å². The van der Waals surface area contributed by atoms with Crippen molar-refractivity contribution >= 4 is 10.0 Å². The van der Waals surface area contributed by atoms with Crippen LogP contribution in [0, 0.1) is 6.92 Å². The fraction of sp³-hybridized carbons (Fsp3) is 0.263. The standard InChI is InChI=1S/C19H19N3O3S/c1-14-7-9-17(10-8-14)26(23,24)22-12-11-16(13-22)19-21-20-18(25-19)15-5-3-2-4-6-15/h2-10,16H,11-13H2,1H3. The van der Waals surface area contributed by atoms with E-state index in [0.29, 0.717) is 36.2 Å². The molecule has 6 nitrogen and oxygen atoms in total. The van der Waals surface area contributed by atoms with Crippen molar-refractivity contribution in [2.75, 3.05) is 13.1 Å². The van der Waals surface area contributed by atoms with E-state index in [4.69, 9.17) is 4.42 Å². The quantitative estimate of drug-likeness (QED) is 0.706. The molecule has 0 aliphatic carbocycles. The Kier molecular flexibility index (Phi) is 4.34. The van der Waals surface area contributed by atoms with E-state index in [-0.39, 0.29) is 5.92 Å². The van der Waals surface area contributed by atoms with Crippen molar-refractivity contribution in [1.82, 2.24) is 14.5 Å². The van der Waals surface area contributed by atoms with Crippen LogP contribution < -0.4 is 0 Å². The van der Waals surface area contributed by atoms with Gasteiger partial charge in [0.2, 0.25) is 21.8 Å². The van der Waals surface area contributed by atoms with Crippen LogP contribution in [0.1, 0.15) is 23.8 Å². The number of sulfonamides is 1. The van der Waals surface area contributed by atoms with E-state index >= 15 is 0 Å². The first-order valence-electron chi connectivity index (χ1n) is 8.50. The highest BCUT2D eigenvalue weighted by atomic mass is 32.2. The molecule has 1 saturated heterocycles. The summed E-state index contributed by atoms with van der Waals surface area (Å²) >= 11 is 0. The Morgan fingerprint density at radius 2 is 1.77 bits per heavy atom. The Morgan fingerprint density at radius 1 is 1.04 bits per heavy atom. The topological polar surface area (TPSA) is 76.3 Å². The maximum absolute atomic E-state index is 12.8. The average molecular weight is 369 g/mol. The maximum Gasteiger partial charge on any atom is 0.247 e. The molecule has 1 unspecified atom stereocenters. The summed E-state index contributed by atoms with van der Waals surface area (Å²) in [7, 11) is -3.50. The van der Waals surface area contributed by atoms with Gasteiger partial charge in [-0.3, -0.25) is 0 Å². The molecule has 1 fully saturated rings. The second-order valence-corrected chi connectivity index (χ2v) is 8.41.